The zero-order valence-corrected chi connectivity index (χ0v) is 21.0. The molecule has 0 unspecified atom stereocenters. The van der Waals surface area contributed by atoms with E-state index in [-0.39, 0.29) is 6.07 Å². The van der Waals surface area contributed by atoms with Crippen molar-refractivity contribution in [1.82, 2.24) is 10.6 Å². The number of carbonyl (C=O) groups excluding carboxylic acids is 5. The Morgan fingerprint density at radius 2 is 1.46 bits per heavy atom. The first-order valence-electron chi connectivity index (χ1n) is 11.4. The van der Waals surface area contributed by atoms with Crippen LogP contribution in [0.3, 0.4) is 0 Å². The quantitative estimate of drug-likeness (QED) is 0.167. The van der Waals surface area contributed by atoms with Crippen LogP contribution < -0.4 is 20.7 Å². The molecule has 0 saturated carbocycles. The van der Waals surface area contributed by atoms with E-state index in [1.807, 2.05) is 0 Å². The highest BCUT2D eigenvalue weighted by Crippen LogP contribution is 2.26. The van der Waals surface area contributed by atoms with Crippen LogP contribution in [0.25, 0.3) is 0 Å². The molecule has 210 valence electrons. The van der Waals surface area contributed by atoms with Crippen molar-refractivity contribution >= 4 is 35.2 Å². The molecule has 0 fully saturated rings. The third kappa shape index (κ3) is 8.51. The largest absolute Gasteiger partial charge is 0.479 e. The Balaban J connectivity index is 2.15. The number of amides is 3. The number of hydrogen-bond acceptors (Lipinski definition) is 7. The molecule has 2 rings (SSSR count). The first kappa shape index (κ1) is 30.7. The SMILES string of the molecule is COC(=O)C[C@H](NC(=O)[C@@H](NC(=O)C(=O)Nc1ccccc1)C(C)C)C(=O)COc1c(F)c(F)cc(F)c1F. The van der Waals surface area contributed by atoms with E-state index in [0.29, 0.717) is 5.69 Å². The molecule has 39 heavy (non-hydrogen) atoms. The first-order chi connectivity index (χ1) is 18.3. The standard InChI is InChI=1S/C25H25F4N3O7/c1-12(2)21(32-25(37)24(36)30-13-7-5-4-6-8-13)23(35)31-16(10-18(34)38-3)17(33)11-39-22-19(28)14(26)9-15(27)20(22)29/h4-9,12,16,21H,10-11H2,1-3H3,(H,30,36)(H,31,35)(H,32,37)/t16-,21-/m0/s1. The average Bonchev–Trinajstić information content (AvgIpc) is 2.89. The van der Waals surface area contributed by atoms with Crippen molar-refractivity contribution in [2.45, 2.75) is 32.4 Å². The third-order valence-electron chi connectivity index (χ3n) is 5.21. The molecule has 0 aliphatic heterocycles. The van der Waals surface area contributed by atoms with Crippen molar-refractivity contribution in [1.29, 1.82) is 0 Å². The van der Waals surface area contributed by atoms with Gasteiger partial charge in [-0.15, -0.1) is 0 Å². The highest BCUT2D eigenvalue weighted by atomic mass is 19.2. The zero-order valence-electron chi connectivity index (χ0n) is 21.0. The van der Waals surface area contributed by atoms with Gasteiger partial charge in [0.2, 0.25) is 17.5 Å². The van der Waals surface area contributed by atoms with Gasteiger partial charge in [0.15, 0.2) is 23.2 Å². The van der Waals surface area contributed by atoms with Gasteiger partial charge >= 0.3 is 17.8 Å². The molecule has 0 bridgehead atoms. The maximum absolute atomic E-state index is 13.9. The van der Waals surface area contributed by atoms with Gasteiger partial charge in [-0.3, -0.25) is 24.0 Å². The number of anilines is 1. The Kier molecular flexibility index (Phi) is 10.9. The molecule has 0 heterocycles. The summed E-state index contributed by atoms with van der Waals surface area (Å²) in [6.07, 6.45) is -0.764. The van der Waals surface area contributed by atoms with Gasteiger partial charge in [0, 0.05) is 11.8 Å². The molecule has 0 saturated heterocycles. The number of carbonyl (C=O) groups is 5. The van der Waals surface area contributed by atoms with Gasteiger partial charge in [-0.05, 0) is 18.1 Å². The number of hydrogen-bond donors (Lipinski definition) is 3. The number of benzene rings is 2. The Hall–Kier alpha value is -4.49. The third-order valence-corrected chi connectivity index (χ3v) is 5.21. The molecule has 2 aromatic carbocycles. The summed E-state index contributed by atoms with van der Waals surface area (Å²) in [4.78, 5) is 62.1. The number of nitrogens with one attached hydrogen (secondary N) is 3. The van der Waals surface area contributed by atoms with E-state index in [9.17, 15) is 41.5 Å². The van der Waals surface area contributed by atoms with Crippen LogP contribution in [-0.4, -0.2) is 55.3 Å². The van der Waals surface area contributed by atoms with Gasteiger partial charge in [0.05, 0.1) is 13.5 Å². The summed E-state index contributed by atoms with van der Waals surface area (Å²) in [6.45, 7) is 1.82. The predicted molar refractivity (Wildman–Crippen MR) is 127 cm³/mol. The van der Waals surface area contributed by atoms with Gasteiger partial charge in [-0.25, -0.2) is 8.78 Å². The van der Waals surface area contributed by atoms with Gasteiger partial charge in [-0.2, -0.15) is 8.78 Å². The number of ether oxygens (including phenoxy) is 2. The summed E-state index contributed by atoms with van der Waals surface area (Å²) >= 11 is 0. The summed E-state index contributed by atoms with van der Waals surface area (Å²) in [6, 6.07) is 4.85. The highest BCUT2D eigenvalue weighted by molar-refractivity contribution is 6.40. The van der Waals surface area contributed by atoms with Crippen LogP contribution in [0.15, 0.2) is 36.4 Å². The molecule has 2 atom stereocenters. The number of Topliss-reactive ketones (excluding diaryl/α,β-unsaturated/α-hetero) is 1. The fourth-order valence-electron chi connectivity index (χ4n) is 3.13. The van der Waals surface area contributed by atoms with E-state index in [1.54, 1.807) is 18.2 Å². The second-order valence-corrected chi connectivity index (χ2v) is 8.41. The van der Waals surface area contributed by atoms with Crippen LogP contribution in [0, 0.1) is 29.2 Å². The predicted octanol–water partition coefficient (Wildman–Crippen LogP) is 2.02. The number of halogens is 4. The van der Waals surface area contributed by atoms with Crippen molar-refractivity contribution in [3.8, 4) is 5.75 Å². The average molecular weight is 555 g/mol. The van der Waals surface area contributed by atoms with Crippen LogP contribution in [0.5, 0.6) is 5.75 Å². The summed E-state index contributed by atoms with van der Waals surface area (Å²) in [7, 11) is 0.991. The number of esters is 1. The Morgan fingerprint density at radius 3 is 2.00 bits per heavy atom. The van der Waals surface area contributed by atoms with Gasteiger partial charge in [0.1, 0.15) is 18.7 Å². The van der Waals surface area contributed by atoms with E-state index in [2.05, 4.69) is 25.4 Å². The summed E-state index contributed by atoms with van der Waals surface area (Å²) < 4.78 is 63.6. The van der Waals surface area contributed by atoms with Crippen LogP contribution in [0.1, 0.15) is 20.3 Å². The summed E-state index contributed by atoms with van der Waals surface area (Å²) in [5.41, 5.74) is 0.318. The lowest BCUT2D eigenvalue weighted by Gasteiger charge is -2.24. The van der Waals surface area contributed by atoms with Gasteiger partial charge < -0.3 is 25.4 Å². The molecule has 3 amide bonds. The fraction of sp³-hybridized carbons (Fsp3) is 0.320. The first-order valence-corrected chi connectivity index (χ1v) is 11.4. The highest BCUT2D eigenvalue weighted by Gasteiger charge is 2.32. The van der Waals surface area contributed by atoms with Crippen LogP contribution in [0.4, 0.5) is 23.2 Å². The molecule has 0 aliphatic carbocycles. The van der Waals surface area contributed by atoms with Gasteiger partial charge in [0.25, 0.3) is 0 Å². The van der Waals surface area contributed by atoms with Crippen LogP contribution in [-0.2, 0) is 28.7 Å². The molecular weight excluding hydrogens is 530 g/mol. The number of methoxy groups -OCH3 is 1. The molecule has 2 aromatic rings. The molecule has 3 N–H and O–H groups in total. The molecule has 0 radical (unpaired) electrons. The normalized spacial score (nSPS) is 12.2. The van der Waals surface area contributed by atoms with Crippen LogP contribution in [0.2, 0.25) is 0 Å². The molecule has 14 heteroatoms. The topological polar surface area (TPSA) is 140 Å². The molecule has 0 spiro atoms. The summed E-state index contributed by atoms with van der Waals surface area (Å²) in [5, 5.41) is 6.76. The lowest BCUT2D eigenvalue weighted by molar-refractivity contribution is -0.144. The van der Waals surface area contributed by atoms with E-state index in [0.717, 1.165) is 7.11 Å². The number of ketones is 1. The molecular formula is C25H25F4N3O7. The Labute approximate surface area is 220 Å². The molecule has 0 aliphatic rings. The maximum Gasteiger partial charge on any atom is 0.313 e. The second-order valence-electron chi connectivity index (χ2n) is 8.41. The second kappa shape index (κ2) is 13.9. The maximum atomic E-state index is 13.9. The lowest BCUT2D eigenvalue weighted by atomic mass is 10.0. The Bertz CT molecular complexity index is 1220. The molecule has 0 aromatic heterocycles. The minimum Gasteiger partial charge on any atom is -0.479 e. The van der Waals surface area contributed by atoms with Crippen molar-refractivity contribution in [3.05, 3.63) is 59.7 Å². The minimum absolute atomic E-state index is 0.0555. The van der Waals surface area contributed by atoms with E-state index < -0.39 is 89.5 Å². The van der Waals surface area contributed by atoms with Crippen molar-refractivity contribution in [3.63, 3.8) is 0 Å². The smallest absolute Gasteiger partial charge is 0.313 e. The number of para-hydroxylation sites is 1. The van der Waals surface area contributed by atoms with Crippen molar-refractivity contribution in [2.75, 3.05) is 19.0 Å². The van der Waals surface area contributed by atoms with E-state index in [4.69, 9.17) is 0 Å². The molecule has 10 nitrogen and oxygen atoms in total. The monoisotopic (exact) mass is 555 g/mol. The summed E-state index contributed by atoms with van der Waals surface area (Å²) in [5.74, 6) is -14.8. The van der Waals surface area contributed by atoms with E-state index >= 15 is 0 Å². The Morgan fingerprint density at radius 1 is 0.872 bits per heavy atom. The number of rotatable bonds is 11. The lowest BCUT2D eigenvalue weighted by Crippen LogP contribution is -2.56. The zero-order chi connectivity index (χ0) is 29.3. The van der Waals surface area contributed by atoms with E-state index in [1.165, 1.54) is 26.0 Å². The van der Waals surface area contributed by atoms with Gasteiger partial charge in [-0.1, -0.05) is 32.0 Å². The van der Waals surface area contributed by atoms with Crippen molar-refractivity contribution in [2.24, 2.45) is 5.92 Å². The van der Waals surface area contributed by atoms with Crippen molar-refractivity contribution < 1.29 is 51.0 Å². The minimum atomic E-state index is -1.90. The fourth-order valence-corrected chi connectivity index (χ4v) is 3.13. The van der Waals surface area contributed by atoms with Crippen LogP contribution >= 0.6 is 0 Å².